The fraction of sp³-hybridized carbons (Fsp3) is 0.571. The van der Waals surface area contributed by atoms with Gasteiger partial charge in [-0.05, 0) is 43.5 Å². The van der Waals surface area contributed by atoms with E-state index in [1.165, 1.54) is 31.5 Å². The lowest BCUT2D eigenvalue weighted by Crippen LogP contribution is -2.37. The minimum absolute atomic E-state index is 0.549. The Hall–Kier alpha value is -0.730. The summed E-state index contributed by atoms with van der Waals surface area (Å²) >= 11 is 6.28. The Balaban J connectivity index is 2.00. The summed E-state index contributed by atoms with van der Waals surface area (Å²) < 4.78 is 0. The maximum atomic E-state index is 6.28. The lowest BCUT2D eigenvalue weighted by Gasteiger charge is -2.38. The van der Waals surface area contributed by atoms with E-state index in [9.17, 15) is 0 Å². The van der Waals surface area contributed by atoms with E-state index in [4.69, 9.17) is 11.6 Å². The Bertz CT molecular complexity index is 413. The molecule has 0 amide bonds. The molecule has 17 heavy (non-hydrogen) atoms. The van der Waals surface area contributed by atoms with Gasteiger partial charge in [-0.1, -0.05) is 30.7 Å². The third kappa shape index (κ3) is 1.94. The van der Waals surface area contributed by atoms with Crippen molar-refractivity contribution >= 4 is 17.3 Å². The minimum atomic E-state index is 0.549. The predicted octanol–water partition coefficient (Wildman–Crippen LogP) is 3.54. The van der Waals surface area contributed by atoms with E-state index in [1.807, 2.05) is 6.07 Å². The Morgan fingerprint density at radius 2 is 2.06 bits per heavy atom. The van der Waals surface area contributed by atoms with E-state index in [-0.39, 0.29) is 0 Å². The number of para-hydroxylation sites is 1. The highest BCUT2D eigenvalue weighted by Crippen LogP contribution is 2.41. The van der Waals surface area contributed by atoms with Gasteiger partial charge < -0.3 is 5.32 Å². The largest absolute Gasteiger partial charge is 0.383 e. The van der Waals surface area contributed by atoms with Crippen LogP contribution in [0.5, 0.6) is 0 Å². The molecule has 1 N–H and O–H groups in total. The monoisotopic (exact) mass is 250 g/mol. The van der Waals surface area contributed by atoms with Crippen LogP contribution in [0.3, 0.4) is 0 Å². The van der Waals surface area contributed by atoms with Crippen molar-refractivity contribution in [2.75, 3.05) is 25.0 Å². The van der Waals surface area contributed by atoms with Crippen LogP contribution in [0.2, 0.25) is 5.02 Å². The summed E-state index contributed by atoms with van der Waals surface area (Å²) in [4.78, 5) is 2.63. The molecule has 0 spiro atoms. The maximum Gasteiger partial charge on any atom is 0.0640 e. The van der Waals surface area contributed by atoms with Gasteiger partial charge in [-0.3, -0.25) is 4.90 Å². The highest BCUT2D eigenvalue weighted by atomic mass is 35.5. The lowest BCUT2D eigenvalue weighted by atomic mass is 9.88. The molecule has 1 aromatic carbocycles. The lowest BCUT2D eigenvalue weighted by molar-refractivity contribution is 0.185. The second-order valence-corrected chi connectivity index (χ2v) is 5.66. The fourth-order valence-electron chi connectivity index (χ4n) is 3.23. The summed E-state index contributed by atoms with van der Waals surface area (Å²) in [5.41, 5.74) is 2.54. The molecule has 1 saturated heterocycles. The standard InChI is InChI=1S/C14H19ClN2/c1-10-9-16-13-11(5-4-6-12(13)15)14(10)17-7-2-3-8-17/h4-6,10,14,16H,2-3,7-9H2,1H3. The number of nitrogens with one attached hydrogen (secondary N) is 1. The van der Waals surface area contributed by atoms with E-state index < -0.39 is 0 Å². The minimum Gasteiger partial charge on any atom is -0.383 e. The summed E-state index contributed by atoms with van der Waals surface area (Å²) in [5.74, 6) is 0.652. The molecule has 2 aliphatic heterocycles. The zero-order valence-corrected chi connectivity index (χ0v) is 11.0. The third-order valence-corrected chi connectivity index (χ3v) is 4.35. The number of hydrogen-bond donors (Lipinski definition) is 1. The van der Waals surface area contributed by atoms with Crippen LogP contribution in [0.25, 0.3) is 0 Å². The quantitative estimate of drug-likeness (QED) is 0.820. The van der Waals surface area contributed by atoms with Crippen LogP contribution in [0, 0.1) is 5.92 Å². The molecule has 92 valence electrons. The second-order valence-electron chi connectivity index (χ2n) is 5.25. The first-order chi connectivity index (χ1) is 8.27. The van der Waals surface area contributed by atoms with Gasteiger partial charge in [-0.25, -0.2) is 0 Å². The molecule has 1 fully saturated rings. The van der Waals surface area contributed by atoms with Crippen LogP contribution < -0.4 is 5.32 Å². The van der Waals surface area contributed by atoms with Gasteiger partial charge in [0.25, 0.3) is 0 Å². The number of halogens is 1. The van der Waals surface area contributed by atoms with E-state index in [2.05, 4.69) is 29.3 Å². The van der Waals surface area contributed by atoms with Crippen molar-refractivity contribution in [1.82, 2.24) is 4.90 Å². The van der Waals surface area contributed by atoms with Gasteiger partial charge in [0.2, 0.25) is 0 Å². The van der Waals surface area contributed by atoms with Gasteiger partial charge in [-0.15, -0.1) is 0 Å². The second kappa shape index (κ2) is 4.51. The van der Waals surface area contributed by atoms with Crippen LogP contribution in [-0.4, -0.2) is 24.5 Å². The SMILES string of the molecule is CC1CNc2c(Cl)cccc2C1N1CCCC1. The number of benzene rings is 1. The summed E-state index contributed by atoms with van der Waals surface area (Å²) in [5, 5.41) is 4.34. The van der Waals surface area contributed by atoms with Gasteiger partial charge in [0.15, 0.2) is 0 Å². The van der Waals surface area contributed by atoms with Crippen LogP contribution in [0.1, 0.15) is 31.4 Å². The highest BCUT2D eigenvalue weighted by molar-refractivity contribution is 6.33. The molecule has 2 heterocycles. The number of fused-ring (bicyclic) bond motifs is 1. The van der Waals surface area contributed by atoms with Crippen LogP contribution >= 0.6 is 11.6 Å². The summed E-state index contributed by atoms with van der Waals surface area (Å²) in [6.45, 7) is 5.83. The van der Waals surface area contributed by atoms with Crippen molar-refractivity contribution in [2.45, 2.75) is 25.8 Å². The topological polar surface area (TPSA) is 15.3 Å². The molecule has 0 saturated carbocycles. The molecule has 3 rings (SSSR count). The highest BCUT2D eigenvalue weighted by Gasteiger charge is 2.33. The van der Waals surface area contributed by atoms with E-state index in [0.29, 0.717) is 12.0 Å². The summed E-state index contributed by atoms with van der Waals surface area (Å²) in [7, 11) is 0. The van der Waals surface area contributed by atoms with Gasteiger partial charge in [-0.2, -0.15) is 0 Å². The van der Waals surface area contributed by atoms with Gasteiger partial charge in [0.1, 0.15) is 0 Å². The molecule has 2 unspecified atom stereocenters. The number of nitrogens with zero attached hydrogens (tertiary/aromatic N) is 1. The van der Waals surface area contributed by atoms with Crippen molar-refractivity contribution in [3.05, 3.63) is 28.8 Å². The average Bonchev–Trinajstić information content (AvgIpc) is 2.82. The normalized spacial score (nSPS) is 28.8. The van der Waals surface area contributed by atoms with Crippen molar-refractivity contribution in [2.24, 2.45) is 5.92 Å². The molecule has 1 aromatic rings. The first-order valence-corrected chi connectivity index (χ1v) is 6.91. The van der Waals surface area contributed by atoms with Crippen LogP contribution in [-0.2, 0) is 0 Å². The molecule has 2 nitrogen and oxygen atoms in total. The molecule has 0 aliphatic carbocycles. The number of anilines is 1. The molecular formula is C14H19ClN2. The zero-order chi connectivity index (χ0) is 11.8. The van der Waals surface area contributed by atoms with Crippen LogP contribution in [0.15, 0.2) is 18.2 Å². The number of hydrogen-bond acceptors (Lipinski definition) is 2. The Morgan fingerprint density at radius 1 is 1.29 bits per heavy atom. The van der Waals surface area contributed by atoms with E-state index in [0.717, 1.165) is 17.3 Å². The van der Waals surface area contributed by atoms with Crippen molar-refractivity contribution in [3.63, 3.8) is 0 Å². The summed E-state index contributed by atoms with van der Waals surface area (Å²) in [6, 6.07) is 6.83. The van der Waals surface area contributed by atoms with Crippen molar-refractivity contribution in [1.29, 1.82) is 0 Å². The van der Waals surface area contributed by atoms with E-state index >= 15 is 0 Å². The molecule has 2 aliphatic rings. The summed E-state index contributed by atoms with van der Waals surface area (Å²) in [6.07, 6.45) is 2.68. The Labute approximate surface area is 108 Å². The Morgan fingerprint density at radius 3 is 2.82 bits per heavy atom. The molecule has 0 aromatic heterocycles. The molecule has 0 bridgehead atoms. The number of rotatable bonds is 1. The van der Waals surface area contributed by atoms with Crippen molar-refractivity contribution < 1.29 is 0 Å². The van der Waals surface area contributed by atoms with Gasteiger partial charge >= 0.3 is 0 Å². The predicted molar refractivity (Wildman–Crippen MR) is 72.7 cm³/mol. The first-order valence-electron chi connectivity index (χ1n) is 6.53. The molecular weight excluding hydrogens is 232 g/mol. The Kier molecular flexibility index (Phi) is 3.01. The average molecular weight is 251 g/mol. The van der Waals surface area contributed by atoms with Gasteiger partial charge in [0.05, 0.1) is 10.7 Å². The third-order valence-electron chi connectivity index (χ3n) is 4.04. The smallest absolute Gasteiger partial charge is 0.0640 e. The molecule has 2 atom stereocenters. The number of likely N-dealkylation sites (tertiary alicyclic amines) is 1. The molecule has 0 radical (unpaired) electrons. The zero-order valence-electron chi connectivity index (χ0n) is 10.2. The fourth-order valence-corrected chi connectivity index (χ4v) is 3.48. The van der Waals surface area contributed by atoms with Crippen molar-refractivity contribution in [3.8, 4) is 0 Å². The maximum absolute atomic E-state index is 6.28. The molecule has 3 heteroatoms. The van der Waals surface area contributed by atoms with Gasteiger partial charge in [0, 0.05) is 12.6 Å². The van der Waals surface area contributed by atoms with Crippen LogP contribution in [0.4, 0.5) is 5.69 Å². The van der Waals surface area contributed by atoms with E-state index in [1.54, 1.807) is 0 Å². The first kappa shape index (κ1) is 11.4.